The van der Waals surface area contributed by atoms with Crippen molar-refractivity contribution < 1.29 is 15.3 Å². The second kappa shape index (κ2) is 8.54. The number of aromatic hydroxyl groups is 3. The SMILES string of the molecule is CCC(C)(C)CCCCc1cc(O)c(O)c(O)c1CCCCC1(C)CC1. The van der Waals surface area contributed by atoms with Crippen molar-refractivity contribution in [3.63, 3.8) is 0 Å². The summed E-state index contributed by atoms with van der Waals surface area (Å²) in [5.74, 6) is -0.697. The van der Waals surface area contributed by atoms with E-state index in [-0.39, 0.29) is 17.2 Å². The Morgan fingerprint density at radius 1 is 0.962 bits per heavy atom. The summed E-state index contributed by atoms with van der Waals surface area (Å²) in [6, 6.07) is 1.65. The largest absolute Gasteiger partial charge is 0.504 e. The van der Waals surface area contributed by atoms with Gasteiger partial charge in [-0.15, -0.1) is 0 Å². The average molecular weight is 363 g/mol. The highest BCUT2D eigenvalue weighted by Gasteiger charge is 2.36. The summed E-state index contributed by atoms with van der Waals surface area (Å²) in [6.07, 6.45) is 12.3. The van der Waals surface area contributed by atoms with Crippen LogP contribution in [0.2, 0.25) is 0 Å². The Balaban J connectivity index is 1.94. The van der Waals surface area contributed by atoms with Gasteiger partial charge in [0.2, 0.25) is 5.75 Å². The molecule has 3 nitrogen and oxygen atoms in total. The number of phenols is 3. The number of hydrogen-bond donors (Lipinski definition) is 3. The van der Waals surface area contributed by atoms with Crippen molar-refractivity contribution in [2.24, 2.45) is 10.8 Å². The molecule has 1 aliphatic rings. The minimum atomic E-state index is -0.370. The van der Waals surface area contributed by atoms with Crippen LogP contribution in [0.4, 0.5) is 0 Å². The fraction of sp³-hybridized carbons (Fsp3) is 0.739. The molecule has 0 heterocycles. The van der Waals surface area contributed by atoms with Crippen LogP contribution in [-0.2, 0) is 12.8 Å². The fourth-order valence-corrected chi connectivity index (χ4v) is 3.65. The number of unbranched alkanes of at least 4 members (excludes halogenated alkanes) is 2. The summed E-state index contributed by atoms with van der Waals surface area (Å²) in [5, 5.41) is 30.2. The molecule has 0 atom stereocenters. The number of rotatable bonds is 11. The summed E-state index contributed by atoms with van der Waals surface area (Å²) in [4.78, 5) is 0. The van der Waals surface area contributed by atoms with E-state index in [4.69, 9.17) is 0 Å². The van der Waals surface area contributed by atoms with Gasteiger partial charge in [0.1, 0.15) is 0 Å². The molecule has 1 aromatic carbocycles. The van der Waals surface area contributed by atoms with Crippen molar-refractivity contribution in [3.05, 3.63) is 17.2 Å². The molecule has 1 saturated carbocycles. The van der Waals surface area contributed by atoms with Crippen molar-refractivity contribution in [2.75, 3.05) is 0 Å². The molecule has 0 aliphatic heterocycles. The average Bonchev–Trinajstić information content (AvgIpc) is 3.33. The molecule has 0 bridgehead atoms. The maximum Gasteiger partial charge on any atom is 0.200 e. The Morgan fingerprint density at radius 2 is 1.62 bits per heavy atom. The second-order valence-corrected chi connectivity index (χ2v) is 9.47. The highest BCUT2D eigenvalue weighted by atomic mass is 16.3. The third-order valence-electron chi connectivity index (χ3n) is 6.52. The monoisotopic (exact) mass is 362 g/mol. The Morgan fingerprint density at radius 3 is 2.23 bits per heavy atom. The lowest BCUT2D eigenvalue weighted by Crippen LogP contribution is -2.09. The van der Waals surface area contributed by atoms with Crippen LogP contribution < -0.4 is 0 Å². The van der Waals surface area contributed by atoms with Gasteiger partial charge in [-0.25, -0.2) is 0 Å². The molecule has 0 radical (unpaired) electrons. The highest BCUT2D eigenvalue weighted by molar-refractivity contribution is 5.57. The first-order valence-electron chi connectivity index (χ1n) is 10.4. The van der Waals surface area contributed by atoms with E-state index in [1.54, 1.807) is 6.07 Å². The number of benzene rings is 1. The van der Waals surface area contributed by atoms with Crippen LogP contribution in [0.1, 0.15) is 96.6 Å². The zero-order chi connectivity index (χ0) is 19.4. The van der Waals surface area contributed by atoms with Gasteiger partial charge in [-0.05, 0) is 73.8 Å². The van der Waals surface area contributed by atoms with Gasteiger partial charge in [-0.1, -0.05) is 47.0 Å². The molecule has 0 spiro atoms. The first kappa shape index (κ1) is 20.9. The lowest BCUT2D eigenvalue weighted by molar-refractivity contribution is 0.309. The van der Waals surface area contributed by atoms with E-state index < -0.39 is 0 Å². The number of phenolic OH excluding ortho intramolecular Hbond substituents is 3. The summed E-state index contributed by atoms with van der Waals surface area (Å²) < 4.78 is 0. The highest BCUT2D eigenvalue weighted by Crippen LogP contribution is 2.49. The Labute approximate surface area is 159 Å². The van der Waals surface area contributed by atoms with E-state index >= 15 is 0 Å². The van der Waals surface area contributed by atoms with Gasteiger partial charge in [-0.3, -0.25) is 0 Å². The van der Waals surface area contributed by atoms with Crippen LogP contribution in [0.25, 0.3) is 0 Å². The van der Waals surface area contributed by atoms with Crippen molar-refractivity contribution >= 4 is 0 Å². The van der Waals surface area contributed by atoms with E-state index in [1.165, 1.54) is 32.1 Å². The summed E-state index contributed by atoms with van der Waals surface area (Å²) >= 11 is 0. The van der Waals surface area contributed by atoms with E-state index in [9.17, 15) is 15.3 Å². The summed E-state index contributed by atoms with van der Waals surface area (Å²) in [6.45, 7) is 9.18. The van der Waals surface area contributed by atoms with Gasteiger partial charge in [-0.2, -0.15) is 0 Å². The third-order valence-corrected chi connectivity index (χ3v) is 6.52. The minimum Gasteiger partial charge on any atom is -0.504 e. The Bertz CT molecular complexity index is 600. The first-order valence-corrected chi connectivity index (χ1v) is 10.4. The van der Waals surface area contributed by atoms with Gasteiger partial charge >= 0.3 is 0 Å². The molecular weight excluding hydrogens is 324 g/mol. The summed E-state index contributed by atoms with van der Waals surface area (Å²) in [5.41, 5.74) is 2.76. The van der Waals surface area contributed by atoms with E-state index in [0.29, 0.717) is 10.8 Å². The molecule has 0 aromatic heterocycles. The molecule has 148 valence electrons. The van der Waals surface area contributed by atoms with Crippen LogP contribution >= 0.6 is 0 Å². The Kier molecular flexibility index (Phi) is 6.87. The zero-order valence-corrected chi connectivity index (χ0v) is 17.2. The van der Waals surface area contributed by atoms with Crippen molar-refractivity contribution in [3.8, 4) is 17.2 Å². The van der Waals surface area contributed by atoms with Crippen LogP contribution in [-0.4, -0.2) is 15.3 Å². The third kappa shape index (κ3) is 5.82. The van der Waals surface area contributed by atoms with Gasteiger partial charge in [0.05, 0.1) is 0 Å². The maximum absolute atomic E-state index is 10.3. The topological polar surface area (TPSA) is 60.7 Å². The van der Waals surface area contributed by atoms with Gasteiger partial charge in [0, 0.05) is 5.56 Å². The van der Waals surface area contributed by atoms with Crippen LogP contribution in [0.3, 0.4) is 0 Å². The Hall–Kier alpha value is -1.38. The molecule has 3 heteroatoms. The lowest BCUT2D eigenvalue weighted by Gasteiger charge is -2.22. The summed E-state index contributed by atoms with van der Waals surface area (Å²) in [7, 11) is 0. The molecule has 1 aliphatic carbocycles. The van der Waals surface area contributed by atoms with Crippen molar-refractivity contribution in [1.29, 1.82) is 0 Å². The first-order chi connectivity index (χ1) is 12.2. The second-order valence-electron chi connectivity index (χ2n) is 9.47. The quantitative estimate of drug-likeness (QED) is 0.312. The van der Waals surface area contributed by atoms with Gasteiger partial charge in [0.15, 0.2) is 11.5 Å². The van der Waals surface area contributed by atoms with Gasteiger partial charge in [0.25, 0.3) is 0 Å². The van der Waals surface area contributed by atoms with Gasteiger partial charge < -0.3 is 15.3 Å². The molecule has 26 heavy (non-hydrogen) atoms. The predicted octanol–water partition coefficient (Wildman–Crippen LogP) is 6.47. The van der Waals surface area contributed by atoms with Crippen LogP contribution in [0.15, 0.2) is 6.07 Å². The van der Waals surface area contributed by atoms with E-state index in [1.807, 2.05) is 0 Å². The molecule has 1 aromatic rings. The van der Waals surface area contributed by atoms with Crippen LogP contribution in [0.5, 0.6) is 17.2 Å². The van der Waals surface area contributed by atoms with Crippen molar-refractivity contribution in [1.82, 2.24) is 0 Å². The maximum atomic E-state index is 10.3. The molecule has 0 saturated heterocycles. The standard InChI is InChI=1S/C23H38O3/c1-5-22(2,3)12-8-6-10-17-16-19(24)21(26)20(25)18(17)11-7-9-13-23(4)14-15-23/h16,24-26H,5-15H2,1-4H3. The van der Waals surface area contributed by atoms with Crippen LogP contribution in [0, 0.1) is 10.8 Å². The lowest BCUT2D eigenvalue weighted by atomic mass is 9.84. The van der Waals surface area contributed by atoms with E-state index in [0.717, 1.165) is 49.7 Å². The minimum absolute atomic E-state index is 0.119. The zero-order valence-electron chi connectivity index (χ0n) is 17.2. The number of hydrogen-bond acceptors (Lipinski definition) is 3. The fourth-order valence-electron chi connectivity index (χ4n) is 3.65. The molecule has 3 N–H and O–H groups in total. The normalized spacial score (nSPS) is 16.0. The molecule has 0 amide bonds. The molecule has 0 unspecified atom stereocenters. The molecule has 2 rings (SSSR count). The number of aryl methyl sites for hydroxylation is 1. The van der Waals surface area contributed by atoms with Crippen molar-refractivity contribution in [2.45, 2.75) is 98.3 Å². The smallest absolute Gasteiger partial charge is 0.200 e. The van der Waals surface area contributed by atoms with E-state index in [2.05, 4.69) is 27.7 Å². The predicted molar refractivity (Wildman–Crippen MR) is 108 cm³/mol. The molecule has 1 fully saturated rings. The molecular formula is C23H38O3.